The Morgan fingerprint density at radius 2 is 1.68 bits per heavy atom. The first-order chi connectivity index (χ1) is 14.8. The van der Waals surface area contributed by atoms with Crippen molar-refractivity contribution in [3.05, 3.63) is 35.9 Å². The van der Waals surface area contributed by atoms with Crippen LogP contribution in [0.25, 0.3) is 0 Å². The number of nitrogens with one attached hydrogen (secondary N) is 4. The summed E-state index contributed by atoms with van der Waals surface area (Å²) in [6.07, 6.45) is 0.845. The molecule has 11 nitrogen and oxygen atoms in total. The second kappa shape index (κ2) is 11.6. The molecule has 0 spiro atoms. The Balaban J connectivity index is 2.13. The Kier molecular flexibility index (Phi) is 8.94. The second-order valence-electron chi connectivity index (χ2n) is 7.17. The summed E-state index contributed by atoms with van der Waals surface area (Å²) >= 11 is 0. The van der Waals surface area contributed by atoms with E-state index >= 15 is 0 Å². The van der Waals surface area contributed by atoms with Gasteiger partial charge in [0.1, 0.15) is 18.6 Å². The summed E-state index contributed by atoms with van der Waals surface area (Å²) in [7, 11) is 0. The van der Waals surface area contributed by atoms with E-state index in [2.05, 4.69) is 21.3 Å². The summed E-state index contributed by atoms with van der Waals surface area (Å²) in [4.78, 5) is 59.4. The first kappa shape index (κ1) is 23.8. The summed E-state index contributed by atoms with van der Waals surface area (Å²) in [6, 6.07) is 5.91. The van der Waals surface area contributed by atoms with Gasteiger partial charge < -0.3 is 31.5 Å². The van der Waals surface area contributed by atoms with Crippen LogP contribution >= 0.6 is 0 Å². The number of carboxylic acids is 2. The quantitative estimate of drug-likeness (QED) is 0.247. The first-order valence-corrected chi connectivity index (χ1v) is 9.85. The van der Waals surface area contributed by atoms with E-state index < -0.39 is 54.8 Å². The molecule has 6 N–H and O–H groups in total. The molecule has 1 fully saturated rings. The largest absolute Gasteiger partial charge is 0.481 e. The summed E-state index contributed by atoms with van der Waals surface area (Å²) in [5.74, 6) is -4.72. The minimum Gasteiger partial charge on any atom is -0.481 e. The van der Waals surface area contributed by atoms with Gasteiger partial charge in [-0.1, -0.05) is 30.3 Å². The van der Waals surface area contributed by atoms with E-state index in [9.17, 15) is 24.0 Å². The normalized spacial score (nSPS) is 17.2. The highest BCUT2D eigenvalue weighted by Gasteiger charge is 2.31. The number of benzene rings is 1. The number of rotatable bonds is 11. The fourth-order valence-electron chi connectivity index (χ4n) is 3.18. The van der Waals surface area contributed by atoms with Gasteiger partial charge in [-0.05, 0) is 24.9 Å². The van der Waals surface area contributed by atoms with Crippen LogP contribution in [0.2, 0.25) is 0 Å². The average Bonchev–Trinajstić information content (AvgIpc) is 3.26. The zero-order valence-electron chi connectivity index (χ0n) is 16.8. The Bertz CT molecular complexity index is 809. The lowest BCUT2D eigenvalue weighted by atomic mass is 10.0. The van der Waals surface area contributed by atoms with Gasteiger partial charge in [0.05, 0.1) is 12.5 Å². The molecule has 0 radical (unpaired) electrons. The lowest BCUT2D eigenvalue weighted by molar-refractivity contribution is -0.141. The van der Waals surface area contributed by atoms with Crippen LogP contribution in [0, 0.1) is 0 Å². The molecule has 1 aliphatic rings. The van der Waals surface area contributed by atoms with Gasteiger partial charge >= 0.3 is 11.9 Å². The van der Waals surface area contributed by atoms with E-state index in [0.717, 1.165) is 12.0 Å². The van der Waals surface area contributed by atoms with Crippen LogP contribution in [0.1, 0.15) is 24.8 Å². The second-order valence-corrected chi connectivity index (χ2v) is 7.17. The third kappa shape index (κ3) is 8.05. The van der Waals surface area contributed by atoms with Crippen LogP contribution in [0.5, 0.6) is 0 Å². The van der Waals surface area contributed by atoms with Crippen LogP contribution < -0.4 is 21.3 Å². The maximum Gasteiger partial charge on any atom is 0.322 e. The third-order valence-corrected chi connectivity index (χ3v) is 4.72. The number of carbonyl (C=O) groups excluding carboxylic acids is 3. The van der Waals surface area contributed by atoms with E-state index in [-0.39, 0.29) is 12.3 Å². The highest BCUT2D eigenvalue weighted by molar-refractivity contribution is 5.95. The van der Waals surface area contributed by atoms with Crippen molar-refractivity contribution in [2.45, 2.75) is 43.8 Å². The predicted octanol–water partition coefficient (Wildman–Crippen LogP) is -1.37. The Labute approximate surface area is 178 Å². The SMILES string of the molecule is O=C(O)CNC(=O)C(CC(=O)O)NC(=O)C(Cc1ccccc1)NC(=O)C1CCCN1. The van der Waals surface area contributed by atoms with Gasteiger partial charge in [0.2, 0.25) is 17.7 Å². The zero-order valence-corrected chi connectivity index (χ0v) is 16.8. The molecule has 1 aromatic carbocycles. The summed E-state index contributed by atoms with van der Waals surface area (Å²) in [5, 5.41) is 27.8. The monoisotopic (exact) mass is 434 g/mol. The first-order valence-electron chi connectivity index (χ1n) is 9.85. The van der Waals surface area contributed by atoms with Crippen molar-refractivity contribution < 1.29 is 34.2 Å². The summed E-state index contributed by atoms with van der Waals surface area (Å²) < 4.78 is 0. The molecule has 3 atom stereocenters. The van der Waals surface area contributed by atoms with Gasteiger partial charge in [-0.25, -0.2) is 0 Å². The van der Waals surface area contributed by atoms with Crippen molar-refractivity contribution >= 4 is 29.7 Å². The molecule has 1 saturated heterocycles. The van der Waals surface area contributed by atoms with E-state index in [1.807, 2.05) is 0 Å². The molecule has 31 heavy (non-hydrogen) atoms. The maximum atomic E-state index is 12.9. The van der Waals surface area contributed by atoms with E-state index in [1.165, 1.54) is 0 Å². The minimum absolute atomic E-state index is 0.127. The number of hydrogen-bond acceptors (Lipinski definition) is 6. The number of aliphatic carboxylic acids is 2. The van der Waals surface area contributed by atoms with Crippen molar-refractivity contribution in [1.29, 1.82) is 0 Å². The molecule has 0 aliphatic carbocycles. The standard InChI is InChI=1S/C20H26N4O7/c25-16(26)10-15(18(29)22-11-17(27)28)24-20(31)14(9-12-5-2-1-3-6-12)23-19(30)13-7-4-8-21-13/h1-3,5-6,13-15,21H,4,7-11H2,(H,22,29)(H,23,30)(H,24,31)(H,25,26)(H,27,28). The van der Waals surface area contributed by atoms with Gasteiger partial charge in [-0.3, -0.25) is 24.0 Å². The molecule has 1 heterocycles. The van der Waals surface area contributed by atoms with Crippen molar-refractivity contribution in [2.75, 3.05) is 13.1 Å². The molecule has 1 aliphatic heterocycles. The highest BCUT2D eigenvalue weighted by Crippen LogP contribution is 2.08. The van der Waals surface area contributed by atoms with Crippen LogP contribution in [0.3, 0.4) is 0 Å². The van der Waals surface area contributed by atoms with E-state index in [0.29, 0.717) is 13.0 Å². The lowest BCUT2D eigenvalue weighted by Crippen LogP contribution is -2.57. The molecule has 1 aromatic rings. The van der Waals surface area contributed by atoms with Gasteiger partial charge in [0, 0.05) is 6.42 Å². The molecule has 3 amide bonds. The van der Waals surface area contributed by atoms with Crippen molar-refractivity contribution in [3.8, 4) is 0 Å². The van der Waals surface area contributed by atoms with Crippen LogP contribution in [0.4, 0.5) is 0 Å². The van der Waals surface area contributed by atoms with Crippen molar-refractivity contribution in [3.63, 3.8) is 0 Å². The zero-order chi connectivity index (χ0) is 22.8. The van der Waals surface area contributed by atoms with E-state index in [1.54, 1.807) is 30.3 Å². The van der Waals surface area contributed by atoms with Gasteiger partial charge in [0.25, 0.3) is 0 Å². The Morgan fingerprint density at radius 1 is 0.968 bits per heavy atom. The number of carboxylic acid groups (broad SMARTS) is 2. The van der Waals surface area contributed by atoms with Crippen LogP contribution in [-0.2, 0) is 30.4 Å². The number of amides is 3. The van der Waals surface area contributed by atoms with Crippen LogP contribution in [0.15, 0.2) is 30.3 Å². The summed E-state index contributed by atoms with van der Waals surface area (Å²) in [5.41, 5.74) is 0.757. The van der Waals surface area contributed by atoms with Gasteiger partial charge in [0.15, 0.2) is 0 Å². The highest BCUT2D eigenvalue weighted by atomic mass is 16.4. The maximum absolute atomic E-state index is 12.9. The molecule has 11 heteroatoms. The average molecular weight is 434 g/mol. The molecule has 3 unspecified atom stereocenters. The van der Waals surface area contributed by atoms with Crippen molar-refractivity contribution in [1.82, 2.24) is 21.3 Å². The molecule has 0 bridgehead atoms. The molecule has 168 valence electrons. The predicted molar refractivity (Wildman–Crippen MR) is 108 cm³/mol. The fourth-order valence-corrected chi connectivity index (χ4v) is 3.18. The van der Waals surface area contributed by atoms with Gasteiger partial charge in [-0.2, -0.15) is 0 Å². The molecule has 0 aromatic heterocycles. The summed E-state index contributed by atoms with van der Waals surface area (Å²) in [6.45, 7) is -0.0274. The lowest BCUT2D eigenvalue weighted by Gasteiger charge is -2.23. The number of carbonyl (C=O) groups is 5. The fraction of sp³-hybridized carbons (Fsp3) is 0.450. The van der Waals surface area contributed by atoms with Gasteiger partial charge in [-0.15, -0.1) is 0 Å². The minimum atomic E-state index is -1.50. The smallest absolute Gasteiger partial charge is 0.322 e. The van der Waals surface area contributed by atoms with Crippen molar-refractivity contribution in [2.24, 2.45) is 0 Å². The topological polar surface area (TPSA) is 174 Å². The molecular formula is C20H26N4O7. The molecular weight excluding hydrogens is 408 g/mol. The molecule has 2 rings (SSSR count). The third-order valence-electron chi connectivity index (χ3n) is 4.72. The molecule has 0 saturated carbocycles. The van der Waals surface area contributed by atoms with Crippen LogP contribution in [-0.4, -0.2) is 71.1 Å². The Hall–Kier alpha value is -3.47. The Morgan fingerprint density at radius 3 is 2.26 bits per heavy atom. The van der Waals surface area contributed by atoms with E-state index in [4.69, 9.17) is 10.2 Å². The number of hydrogen-bond donors (Lipinski definition) is 6.